The van der Waals surface area contributed by atoms with Crippen molar-refractivity contribution in [2.45, 2.75) is 17.1 Å². The lowest BCUT2D eigenvalue weighted by atomic mass is 10.2. The first-order chi connectivity index (χ1) is 11.3. The van der Waals surface area contributed by atoms with Crippen LogP contribution < -0.4 is 0 Å². The first kappa shape index (κ1) is 16.4. The second-order valence-corrected chi connectivity index (χ2v) is 5.61. The van der Waals surface area contributed by atoms with E-state index in [1.807, 2.05) is 0 Å². The van der Waals surface area contributed by atoms with Gasteiger partial charge in [0.25, 0.3) is 0 Å². The summed E-state index contributed by atoms with van der Waals surface area (Å²) >= 11 is 0.981. The fourth-order valence-corrected chi connectivity index (χ4v) is 2.59. The van der Waals surface area contributed by atoms with Gasteiger partial charge in [-0.2, -0.15) is 18.2 Å². The predicted molar refractivity (Wildman–Crippen MR) is 75.3 cm³/mol. The molecule has 0 saturated heterocycles. The number of alkyl halides is 3. The molecule has 11 heteroatoms. The molecule has 0 aliphatic rings. The molecular weight excluding hydrogens is 350 g/mol. The van der Waals surface area contributed by atoms with Crippen LogP contribution in [0.1, 0.15) is 11.7 Å². The molecule has 0 atom stereocenters. The van der Waals surface area contributed by atoms with Crippen molar-refractivity contribution in [2.75, 3.05) is 0 Å². The van der Waals surface area contributed by atoms with Crippen molar-refractivity contribution in [3.8, 4) is 11.4 Å². The van der Waals surface area contributed by atoms with E-state index in [4.69, 9.17) is 4.52 Å². The lowest BCUT2D eigenvalue weighted by molar-refractivity contribution is -0.147. The van der Waals surface area contributed by atoms with Gasteiger partial charge in [0, 0.05) is 12.6 Å². The van der Waals surface area contributed by atoms with E-state index in [1.54, 1.807) is 0 Å². The smallest absolute Gasteiger partial charge is 0.338 e. The van der Waals surface area contributed by atoms with Gasteiger partial charge in [-0.3, -0.25) is 0 Å². The molecule has 3 rings (SSSR count). The SMILES string of the molecule is Cn1c(SCc2nc(-c3ccc(F)cc3)no2)nnc1C(F)(F)F. The molecule has 2 aromatic heterocycles. The molecule has 6 nitrogen and oxygen atoms in total. The van der Waals surface area contributed by atoms with Gasteiger partial charge in [0.05, 0.1) is 5.75 Å². The van der Waals surface area contributed by atoms with Crippen LogP contribution in [0, 0.1) is 5.82 Å². The summed E-state index contributed by atoms with van der Waals surface area (Å²) in [5, 5.41) is 10.4. The van der Waals surface area contributed by atoms with Gasteiger partial charge >= 0.3 is 6.18 Å². The summed E-state index contributed by atoms with van der Waals surface area (Å²) in [5.41, 5.74) is 0.564. The van der Waals surface area contributed by atoms with Crippen LogP contribution >= 0.6 is 11.8 Å². The average molecular weight is 359 g/mol. The summed E-state index contributed by atoms with van der Waals surface area (Å²) in [5.74, 6) is -0.878. The number of rotatable bonds is 4. The van der Waals surface area contributed by atoms with Gasteiger partial charge in [0.1, 0.15) is 5.82 Å². The minimum atomic E-state index is -4.57. The number of halogens is 4. The minimum absolute atomic E-state index is 0.0730. The molecule has 0 saturated carbocycles. The van der Waals surface area contributed by atoms with Crippen LogP contribution in [0.25, 0.3) is 11.4 Å². The van der Waals surface area contributed by atoms with E-state index >= 15 is 0 Å². The van der Waals surface area contributed by atoms with Crippen molar-refractivity contribution >= 4 is 11.8 Å². The van der Waals surface area contributed by atoms with E-state index < -0.39 is 12.0 Å². The van der Waals surface area contributed by atoms with Crippen LogP contribution in [-0.4, -0.2) is 24.9 Å². The Balaban J connectivity index is 1.70. The van der Waals surface area contributed by atoms with E-state index in [2.05, 4.69) is 20.3 Å². The first-order valence-electron chi connectivity index (χ1n) is 6.52. The van der Waals surface area contributed by atoms with Gasteiger partial charge in [-0.1, -0.05) is 16.9 Å². The molecule has 0 aliphatic heterocycles. The largest absolute Gasteiger partial charge is 0.451 e. The fraction of sp³-hybridized carbons (Fsp3) is 0.231. The van der Waals surface area contributed by atoms with Gasteiger partial charge in [-0.25, -0.2) is 4.39 Å². The van der Waals surface area contributed by atoms with Crippen LogP contribution in [0.4, 0.5) is 17.6 Å². The number of thioether (sulfide) groups is 1. The van der Waals surface area contributed by atoms with E-state index in [1.165, 1.54) is 31.3 Å². The number of hydrogen-bond donors (Lipinski definition) is 0. The summed E-state index contributed by atoms with van der Waals surface area (Å²) < 4.78 is 56.7. The van der Waals surface area contributed by atoms with Crippen molar-refractivity contribution in [2.24, 2.45) is 7.05 Å². The molecule has 0 amide bonds. The Kier molecular flexibility index (Phi) is 4.26. The van der Waals surface area contributed by atoms with E-state index in [9.17, 15) is 17.6 Å². The zero-order valence-electron chi connectivity index (χ0n) is 12.1. The van der Waals surface area contributed by atoms with Crippen molar-refractivity contribution in [1.82, 2.24) is 24.9 Å². The summed E-state index contributed by atoms with van der Waals surface area (Å²) in [6, 6.07) is 5.52. The molecule has 0 spiro atoms. The van der Waals surface area contributed by atoms with Crippen LogP contribution in [0.15, 0.2) is 33.9 Å². The van der Waals surface area contributed by atoms with Gasteiger partial charge in [-0.05, 0) is 24.3 Å². The molecular formula is C13H9F4N5OS. The molecule has 0 aliphatic carbocycles. The maximum atomic E-state index is 12.9. The number of nitrogens with zero attached hydrogens (tertiary/aromatic N) is 5. The lowest BCUT2D eigenvalue weighted by Crippen LogP contribution is -2.12. The van der Waals surface area contributed by atoms with Crippen LogP contribution in [0.3, 0.4) is 0 Å². The number of hydrogen-bond acceptors (Lipinski definition) is 6. The highest BCUT2D eigenvalue weighted by Crippen LogP contribution is 2.30. The molecule has 0 bridgehead atoms. The normalized spacial score (nSPS) is 11.9. The van der Waals surface area contributed by atoms with E-state index in [-0.39, 0.29) is 28.4 Å². The topological polar surface area (TPSA) is 69.6 Å². The van der Waals surface area contributed by atoms with Crippen LogP contribution in [0.2, 0.25) is 0 Å². The third-order valence-electron chi connectivity index (χ3n) is 2.98. The Bertz CT molecular complexity index is 843. The summed E-state index contributed by atoms with van der Waals surface area (Å²) in [7, 11) is 1.23. The summed E-state index contributed by atoms with van der Waals surface area (Å²) in [4.78, 5) is 4.11. The van der Waals surface area contributed by atoms with E-state index in [0.717, 1.165) is 16.3 Å². The van der Waals surface area contributed by atoms with Crippen molar-refractivity contribution in [3.05, 3.63) is 41.8 Å². The molecule has 0 N–H and O–H groups in total. The maximum Gasteiger partial charge on any atom is 0.451 e. The Morgan fingerprint density at radius 3 is 2.50 bits per heavy atom. The Hall–Kier alpha value is -2.43. The highest BCUT2D eigenvalue weighted by molar-refractivity contribution is 7.98. The standard InChI is InChI=1S/C13H9F4N5OS/c1-22-11(13(15,16)17)19-20-12(22)24-6-9-18-10(21-23-9)7-2-4-8(14)5-3-7/h2-5H,6H2,1H3. The van der Waals surface area contributed by atoms with Crippen molar-refractivity contribution < 1.29 is 22.1 Å². The predicted octanol–water partition coefficient (Wildman–Crippen LogP) is 3.32. The maximum absolute atomic E-state index is 12.9. The Labute approximate surface area is 136 Å². The van der Waals surface area contributed by atoms with Crippen molar-refractivity contribution in [1.29, 1.82) is 0 Å². The molecule has 24 heavy (non-hydrogen) atoms. The molecule has 1 aromatic carbocycles. The summed E-state index contributed by atoms with van der Waals surface area (Å²) in [6.45, 7) is 0. The quantitative estimate of drug-likeness (QED) is 0.526. The van der Waals surface area contributed by atoms with Gasteiger partial charge in [0.2, 0.25) is 17.5 Å². The van der Waals surface area contributed by atoms with Gasteiger partial charge in [-0.15, -0.1) is 10.2 Å². The number of benzene rings is 1. The van der Waals surface area contributed by atoms with E-state index in [0.29, 0.717) is 5.56 Å². The zero-order valence-corrected chi connectivity index (χ0v) is 12.9. The summed E-state index contributed by atoms with van der Waals surface area (Å²) in [6.07, 6.45) is -4.57. The molecule has 2 heterocycles. The van der Waals surface area contributed by atoms with Crippen LogP contribution in [0.5, 0.6) is 0 Å². The Morgan fingerprint density at radius 1 is 1.17 bits per heavy atom. The first-order valence-corrected chi connectivity index (χ1v) is 7.51. The molecule has 0 unspecified atom stereocenters. The molecule has 3 aromatic rings. The second-order valence-electron chi connectivity index (χ2n) is 4.67. The Morgan fingerprint density at radius 2 is 1.88 bits per heavy atom. The third kappa shape index (κ3) is 3.40. The molecule has 0 radical (unpaired) electrons. The highest BCUT2D eigenvalue weighted by atomic mass is 32.2. The third-order valence-corrected chi connectivity index (χ3v) is 3.99. The second kappa shape index (κ2) is 6.23. The average Bonchev–Trinajstić information content (AvgIpc) is 3.12. The molecule has 126 valence electrons. The van der Waals surface area contributed by atoms with Crippen molar-refractivity contribution in [3.63, 3.8) is 0 Å². The lowest BCUT2D eigenvalue weighted by Gasteiger charge is -2.05. The highest BCUT2D eigenvalue weighted by Gasteiger charge is 2.37. The fourth-order valence-electron chi connectivity index (χ4n) is 1.84. The number of aromatic nitrogens is 5. The molecule has 0 fully saturated rings. The minimum Gasteiger partial charge on any atom is -0.338 e. The zero-order chi connectivity index (χ0) is 17.3. The van der Waals surface area contributed by atoms with Gasteiger partial charge in [0.15, 0.2) is 5.16 Å². The monoisotopic (exact) mass is 359 g/mol. The van der Waals surface area contributed by atoms with Gasteiger partial charge < -0.3 is 9.09 Å². The van der Waals surface area contributed by atoms with Crippen LogP contribution in [-0.2, 0) is 19.0 Å².